The highest BCUT2D eigenvalue weighted by Crippen LogP contribution is 2.61. The molecular weight excluding hydrogens is 659 g/mol. The highest BCUT2D eigenvalue weighted by Gasteiger charge is 2.51. The largest absolute Gasteiger partial charge is 0.309 e. The first-order chi connectivity index (χ1) is 26.8. The van der Waals surface area contributed by atoms with E-state index in [2.05, 4.69) is 179 Å². The molecule has 3 aromatic heterocycles. The Hall–Kier alpha value is -7.24. The molecular formula is C49H29N5. The normalized spacial score (nSPS) is 15.5. The minimum Gasteiger partial charge on any atom is -0.309 e. The van der Waals surface area contributed by atoms with Crippen molar-refractivity contribution >= 4 is 54.4 Å². The molecule has 2 aliphatic rings. The quantitative estimate of drug-likeness (QED) is 0.181. The summed E-state index contributed by atoms with van der Waals surface area (Å²) < 4.78 is 6.66. The van der Waals surface area contributed by atoms with Crippen molar-refractivity contribution in [2.45, 2.75) is 5.41 Å². The molecule has 13 rings (SSSR count). The van der Waals surface area contributed by atoms with E-state index in [9.17, 15) is 0 Å². The molecule has 0 saturated carbocycles. The Kier molecular flexibility index (Phi) is 5.25. The van der Waals surface area contributed by atoms with Crippen molar-refractivity contribution in [3.63, 3.8) is 0 Å². The highest BCUT2D eigenvalue weighted by molar-refractivity contribution is 6.15. The average Bonchev–Trinajstić information content (AvgIpc) is 3.99. The fraction of sp³-hybridized carbons (Fsp3) is 0.0204. The van der Waals surface area contributed by atoms with Crippen molar-refractivity contribution in [1.82, 2.24) is 23.9 Å². The molecule has 8 aromatic carbocycles. The summed E-state index contributed by atoms with van der Waals surface area (Å²) in [4.78, 5) is 4.98. The summed E-state index contributed by atoms with van der Waals surface area (Å²) in [6.45, 7) is 0. The van der Waals surface area contributed by atoms with Gasteiger partial charge in [-0.15, -0.1) is 5.10 Å². The molecule has 0 fully saturated rings. The lowest BCUT2D eigenvalue weighted by Gasteiger charge is -2.39. The van der Waals surface area contributed by atoms with Gasteiger partial charge in [0.2, 0.25) is 0 Å². The van der Waals surface area contributed by atoms with Crippen LogP contribution in [0.1, 0.15) is 22.3 Å². The molecule has 0 radical (unpaired) electrons. The second kappa shape index (κ2) is 10.00. The first kappa shape index (κ1) is 28.4. The highest BCUT2D eigenvalue weighted by atomic mass is 15.4. The maximum atomic E-state index is 5.16. The average molecular weight is 688 g/mol. The van der Waals surface area contributed by atoms with Crippen LogP contribution in [0.3, 0.4) is 0 Å². The van der Waals surface area contributed by atoms with E-state index in [1.807, 2.05) is 11.0 Å². The zero-order chi connectivity index (χ0) is 35.1. The van der Waals surface area contributed by atoms with Crippen molar-refractivity contribution in [1.29, 1.82) is 0 Å². The van der Waals surface area contributed by atoms with Gasteiger partial charge in [0.1, 0.15) is 6.33 Å². The number of hydrogen-bond donors (Lipinski definition) is 0. The predicted octanol–water partition coefficient (Wildman–Crippen LogP) is 11.3. The molecule has 0 amide bonds. The molecule has 11 aromatic rings. The Morgan fingerprint density at radius 3 is 1.93 bits per heavy atom. The zero-order valence-electron chi connectivity index (χ0n) is 29.0. The van der Waals surface area contributed by atoms with Gasteiger partial charge >= 0.3 is 0 Å². The molecule has 4 heterocycles. The van der Waals surface area contributed by atoms with Crippen LogP contribution in [0, 0.1) is 0 Å². The minimum absolute atomic E-state index is 0.516. The van der Waals surface area contributed by atoms with Gasteiger partial charge in [-0.25, -0.2) is 4.68 Å². The van der Waals surface area contributed by atoms with E-state index >= 15 is 0 Å². The summed E-state index contributed by atoms with van der Waals surface area (Å²) in [5.74, 6) is 0.646. The van der Waals surface area contributed by atoms with Gasteiger partial charge in [-0.05, 0) is 75.2 Å². The van der Waals surface area contributed by atoms with Gasteiger partial charge in [0.25, 0.3) is 5.95 Å². The Morgan fingerprint density at radius 2 is 1.04 bits per heavy atom. The third-order valence-electron chi connectivity index (χ3n) is 12.2. The third-order valence-corrected chi connectivity index (χ3v) is 12.2. The summed E-state index contributed by atoms with van der Waals surface area (Å²) in [5.41, 5.74) is 14.2. The number of para-hydroxylation sites is 4. The van der Waals surface area contributed by atoms with E-state index in [4.69, 9.17) is 10.1 Å². The molecule has 0 saturated heterocycles. The Morgan fingerprint density at radius 1 is 0.407 bits per heavy atom. The van der Waals surface area contributed by atoms with Gasteiger partial charge in [-0.3, -0.25) is 4.57 Å². The molecule has 54 heavy (non-hydrogen) atoms. The second-order valence-corrected chi connectivity index (χ2v) is 14.6. The van der Waals surface area contributed by atoms with Gasteiger partial charge in [0.15, 0.2) is 0 Å². The van der Waals surface area contributed by atoms with Crippen LogP contribution in [0.4, 0.5) is 0 Å². The van der Waals surface area contributed by atoms with Crippen LogP contribution in [-0.2, 0) is 5.41 Å². The molecule has 5 heteroatoms. The van der Waals surface area contributed by atoms with Crippen molar-refractivity contribution < 1.29 is 0 Å². The van der Waals surface area contributed by atoms with E-state index in [-0.39, 0.29) is 0 Å². The van der Waals surface area contributed by atoms with E-state index in [1.165, 1.54) is 77.0 Å². The molecule has 1 atom stereocenters. The SMILES string of the molecule is c1ccc2c(c1)-c1cc3c(cc1C21c2ccccc2-n2c4ccccc4c4cccc1c42)c1ccccc1n3-c1ncn(-c2cccc3ccccc23)n1. The molecule has 0 bridgehead atoms. The Balaban J connectivity index is 1.14. The van der Waals surface area contributed by atoms with E-state index in [1.54, 1.807) is 0 Å². The topological polar surface area (TPSA) is 40.6 Å². The van der Waals surface area contributed by atoms with Crippen LogP contribution in [-0.4, -0.2) is 23.9 Å². The summed E-state index contributed by atoms with van der Waals surface area (Å²) in [6, 6.07) is 62.2. The summed E-state index contributed by atoms with van der Waals surface area (Å²) in [7, 11) is 0. The maximum Gasteiger partial charge on any atom is 0.254 e. The first-order valence-electron chi connectivity index (χ1n) is 18.5. The number of nitrogens with zero attached hydrogens (tertiary/aromatic N) is 5. The minimum atomic E-state index is -0.516. The van der Waals surface area contributed by atoms with Crippen LogP contribution < -0.4 is 0 Å². The van der Waals surface area contributed by atoms with Gasteiger partial charge in [0.05, 0.1) is 38.9 Å². The Bertz CT molecular complexity index is 3410. The maximum absolute atomic E-state index is 5.16. The summed E-state index contributed by atoms with van der Waals surface area (Å²) in [5, 5.41) is 12.4. The zero-order valence-corrected chi connectivity index (χ0v) is 29.0. The van der Waals surface area contributed by atoms with Crippen molar-refractivity contribution in [3.8, 4) is 28.5 Å². The van der Waals surface area contributed by atoms with E-state index in [0.29, 0.717) is 5.95 Å². The fourth-order valence-corrected chi connectivity index (χ4v) is 10.1. The van der Waals surface area contributed by atoms with Gasteiger partial charge in [-0.2, -0.15) is 4.98 Å². The fourth-order valence-electron chi connectivity index (χ4n) is 10.1. The number of aromatic nitrogens is 5. The van der Waals surface area contributed by atoms with Gasteiger partial charge < -0.3 is 4.57 Å². The number of benzene rings is 8. The van der Waals surface area contributed by atoms with Crippen LogP contribution in [0.5, 0.6) is 0 Å². The van der Waals surface area contributed by atoms with Crippen LogP contribution in [0.25, 0.3) is 82.8 Å². The van der Waals surface area contributed by atoms with Gasteiger partial charge in [0, 0.05) is 26.9 Å². The van der Waals surface area contributed by atoms with Crippen molar-refractivity contribution in [2.75, 3.05) is 0 Å². The number of rotatable bonds is 2. The monoisotopic (exact) mass is 687 g/mol. The summed E-state index contributed by atoms with van der Waals surface area (Å²) >= 11 is 0. The summed E-state index contributed by atoms with van der Waals surface area (Å²) in [6.07, 6.45) is 1.84. The molecule has 0 N–H and O–H groups in total. The van der Waals surface area contributed by atoms with E-state index < -0.39 is 5.41 Å². The number of hydrogen-bond acceptors (Lipinski definition) is 2. The molecule has 1 aliphatic heterocycles. The molecule has 250 valence electrons. The predicted molar refractivity (Wildman–Crippen MR) is 218 cm³/mol. The van der Waals surface area contributed by atoms with Crippen molar-refractivity contribution in [3.05, 3.63) is 198 Å². The lowest BCUT2D eigenvalue weighted by molar-refractivity contribution is 0.749. The smallest absolute Gasteiger partial charge is 0.254 e. The second-order valence-electron chi connectivity index (χ2n) is 14.6. The van der Waals surface area contributed by atoms with Gasteiger partial charge in [-0.1, -0.05) is 133 Å². The standard InChI is InChI=1S/C49H29N5/c1-2-15-31-30(13-1)14-11-26-42(31)52-29-50-48(51-52)54-44-24-9-5-18-34(44)37-27-41-36(28-46(37)54)32-16-3-6-20-38(32)49(41)39-21-7-10-25-45(39)53-43-23-8-4-17-33(43)35-19-12-22-40(49)47(35)53/h1-29H. The first-order valence-corrected chi connectivity index (χ1v) is 18.5. The van der Waals surface area contributed by atoms with Crippen LogP contribution >= 0.6 is 0 Å². The lowest BCUT2D eigenvalue weighted by atomic mass is 9.65. The lowest BCUT2D eigenvalue weighted by Crippen LogP contribution is -2.33. The Labute approximate surface area is 309 Å². The van der Waals surface area contributed by atoms with E-state index in [0.717, 1.165) is 22.1 Å². The molecule has 5 nitrogen and oxygen atoms in total. The molecule has 1 aliphatic carbocycles. The van der Waals surface area contributed by atoms with Crippen LogP contribution in [0.2, 0.25) is 0 Å². The molecule has 1 spiro atoms. The third kappa shape index (κ3) is 3.32. The van der Waals surface area contributed by atoms with Crippen LogP contribution in [0.15, 0.2) is 176 Å². The number of fused-ring (bicyclic) bond motifs is 16. The molecule has 1 unspecified atom stereocenters. The van der Waals surface area contributed by atoms with Crippen molar-refractivity contribution in [2.24, 2.45) is 0 Å².